The fourth-order valence-corrected chi connectivity index (χ4v) is 3.04. The van der Waals surface area contributed by atoms with Crippen molar-refractivity contribution in [3.05, 3.63) is 59.4 Å². The molecular formula is C20H27Cl2N3O2. The van der Waals surface area contributed by atoms with E-state index in [1.54, 1.807) is 6.20 Å². The van der Waals surface area contributed by atoms with Crippen molar-refractivity contribution in [2.24, 2.45) is 0 Å². The van der Waals surface area contributed by atoms with Crippen LogP contribution in [0.3, 0.4) is 0 Å². The van der Waals surface area contributed by atoms with Gasteiger partial charge >= 0.3 is 0 Å². The highest BCUT2D eigenvalue weighted by molar-refractivity contribution is 5.94. The van der Waals surface area contributed by atoms with Crippen LogP contribution in [0, 0.1) is 6.92 Å². The molecule has 1 aromatic carbocycles. The van der Waals surface area contributed by atoms with Crippen molar-refractivity contribution in [2.45, 2.75) is 45.4 Å². The monoisotopic (exact) mass is 411 g/mol. The van der Waals surface area contributed by atoms with Gasteiger partial charge in [0.1, 0.15) is 12.4 Å². The quantitative estimate of drug-likeness (QED) is 0.787. The second-order valence-corrected chi connectivity index (χ2v) is 6.67. The molecule has 0 bridgehead atoms. The van der Waals surface area contributed by atoms with Crippen LogP contribution < -0.4 is 15.4 Å². The number of carbonyl (C=O) groups is 1. The molecule has 1 aliphatic heterocycles. The van der Waals surface area contributed by atoms with Gasteiger partial charge in [-0.2, -0.15) is 0 Å². The molecule has 1 saturated heterocycles. The molecule has 27 heavy (non-hydrogen) atoms. The van der Waals surface area contributed by atoms with E-state index in [1.807, 2.05) is 43.3 Å². The van der Waals surface area contributed by atoms with E-state index in [-0.39, 0.29) is 36.8 Å². The van der Waals surface area contributed by atoms with Gasteiger partial charge in [-0.1, -0.05) is 12.1 Å². The first kappa shape index (κ1) is 23.2. The van der Waals surface area contributed by atoms with Crippen molar-refractivity contribution in [1.82, 2.24) is 15.6 Å². The Morgan fingerprint density at radius 1 is 1.30 bits per heavy atom. The SMILES string of the molecule is Cc1ccc(OCc2cccc(C(=O)NC3CCNC(C)C3)c2)cn1.Cl.Cl. The summed E-state index contributed by atoms with van der Waals surface area (Å²) in [6.07, 6.45) is 3.65. The summed E-state index contributed by atoms with van der Waals surface area (Å²) in [5.41, 5.74) is 2.60. The third kappa shape index (κ3) is 7.01. The lowest BCUT2D eigenvalue weighted by Gasteiger charge is -2.28. The zero-order chi connectivity index (χ0) is 17.6. The molecule has 1 aromatic heterocycles. The first-order chi connectivity index (χ1) is 12.1. The van der Waals surface area contributed by atoms with Crippen LogP contribution in [0.2, 0.25) is 0 Å². The fraction of sp³-hybridized carbons (Fsp3) is 0.400. The van der Waals surface area contributed by atoms with E-state index in [1.165, 1.54) is 0 Å². The first-order valence-electron chi connectivity index (χ1n) is 8.79. The van der Waals surface area contributed by atoms with E-state index in [2.05, 4.69) is 22.5 Å². The van der Waals surface area contributed by atoms with Crippen molar-refractivity contribution in [3.8, 4) is 5.75 Å². The predicted octanol–water partition coefficient (Wildman–Crippen LogP) is 3.68. The van der Waals surface area contributed by atoms with Crippen molar-refractivity contribution in [3.63, 3.8) is 0 Å². The number of pyridine rings is 1. The van der Waals surface area contributed by atoms with Crippen LogP contribution in [0.5, 0.6) is 5.75 Å². The number of benzene rings is 1. The molecular weight excluding hydrogens is 385 g/mol. The minimum atomic E-state index is -0.0158. The summed E-state index contributed by atoms with van der Waals surface area (Å²) in [6.45, 7) is 5.45. The lowest BCUT2D eigenvalue weighted by molar-refractivity contribution is 0.0925. The van der Waals surface area contributed by atoms with E-state index >= 15 is 0 Å². The summed E-state index contributed by atoms with van der Waals surface area (Å²) in [4.78, 5) is 16.7. The number of aryl methyl sites for hydroxylation is 1. The number of hydrogen-bond acceptors (Lipinski definition) is 4. The molecule has 0 radical (unpaired) electrons. The van der Waals surface area contributed by atoms with Crippen LogP contribution in [0.1, 0.15) is 41.4 Å². The molecule has 1 amide bonds. The van der Waals surface area contributed by atoms with Crippen molar-refractivity contribution < 1.29 is 9.53 Å². The molecule has 2 aromatic rings. The number of nitrogens with zero attached hydrogens (tertiary/aromatic N) is 1. The summed E-state index contributed by atoms with van der Waals surface area (Å²) in [5.74, 6) is 0.710. The lowest BCUT2D eigenvalue weighted by Crippen LogP contribution is -2.46. The zero-order valence-corrected chi connectivity index (χ0v) is 17.2. The number of ether oxygens (including phenoxy) is 1. The first-order valence-corrected chi connectivity index (χ1v) is 8.79. The maximum atomic E-state index is 12.5. The van der Waals surface area contributed by atoms with Gasteiger partial charge in [0.15, 0.2) is 0 Å². The maximum Gasteiger partial charge on any atom is 0.251 e. The zero-order valence-electron chi connectivity index (χ0n) is 15.6. The number of nitrogens with one attached hydrogen (secondary N) is 2. The van der Waals surface area contributed by atoms with Gasteiger partial charge in [0.2, 0.25) is 0 Å². The number of halogens is 2. The molecule has 0 aliphatic carbocycles. The Bertz CT molecular complexity index is 725. The molecule has 2 atom stereocenters. The Kier molecular flexibility index (Phi) is 9.56. The normalized spacial score (nSPS) is 18.6. The third-order valence-corrected chi connectivity index (χ3v) is 4.44. The van der Waals surface area contributed by atoms with Gasteiger partial charge in [-0.25, -0.2) is 0 Å². The topological polar surface area (TPSA) is 63.2 Å². The summed E-state index contributed by atoms with van der Waals surface area (Å²) in [5, 5.41) is 6.54. The number of aromatic nitrogens is 1. The number of hydrogen-bond donors (Lipinski definition) is 2. The maximum absolute atomic E-state index is 12.5. The van der Waals surface area contributed by atoms with Crippen molar-refractivity contribution in [2.75, 3.05) is 6.54 Å². The molecule has 148 valence electrons. The number of amides is 1. The Morgan fingerprint density at radius 3 is 2.81 bits per heavy atom. The highest BCUT2D eigenvalue weighted by Gasteiger charge is 2.20. The summed E-state index contributed by atoms with van der Waals surface area (Å²) in [7, 11) is 0. The predicted molar refractivity (Wildman–Crippen MR) is 112 cm³/mol. The Morgan fingerprint density at radius 2 is 2.11 bits per heavy atom. The van der Waals surface area contributed by atoms with Gasteiger partial charge in [-0.05, 0) is 63.1 Å². The summed E-state index contributed by atoms with van der Waals surface area (Å²) in [6, 6.07) is 12.1. The second-order valence-electron chi connectivity index (χ2n) is 6.67. The molecule has 5 nitrogen and oxygen atoms in total. The molecule has 1 aliphatic rings. The van der Waals surface area contributed by atoms with E-state index < -0.39 is 0 Å². The van der Waals surface area contributed by atoms with Crippen LogP contribution >= 0.6 is 24.8 Å². The second kappa shape index (κ2) is 11.1. The van der Waals surface area contributed by atoms with Gasteiger partial charge in [0.25, 0.3) is 5.91 Å². The van der Waals surface area contributed by atoms with Gasteiger partial charge in [-0.15, -0.1) is 24.8 Å². The van der Waals surface area contributed by atoms with Gasteiger partial charge in [-0.3, -0.25) is 9.78 Å². The van der Waals surface area contributed by atoms with Crippen LogP contribution in [0.25, 0.3) is 0 Å². The highest BCUT2D eigenvalue weighted by Crippen LogP contribution is 2.14. The molecule has 0 spiro atoms. The average molecular weight is 412 g/mol. The van der Waals surface area contributed by atoms with Crippen molar-refractivity contribution in [1.29, 1.82) is 0 Å². The lowest BCUT2D eigenvalue weighted by atomic mass is 10.00. The number of carbonyl (C=O) groups excluding carboxylic acids is 1. The Hall–Kier alpha value is -1.82. The average Bonchev–Trinajstić information content (AvgIpc) is 2.61. The van der Waals surface area contributed by atoms with Crippen LogP contribution in [0.4, 0.5) is 0 Å². The largest absolute Gasteiger partial charge is 0.487 e. The van der Waals surface area contributed by atoms with Crippen LogP contribution in [-0.4, -0.2) is 29.5 Å². The summed E-state index contributed by atoms with van der Waals surface area (Å²) < 4.78 is 5.74. The van der Waals surface area contributed by atoms with Crippen LogP contribution in [-0.2, 0) is 6.61 Å². The van der Waals surface area contributed by atoms with E-state index in [9.17, 15) is 4.79 Å². The van der Waals surface area contributed by atoms with E-state index in [4.69, 9.17) is 4.74 Å². The van der Waals surface area contributed by atoms with Crippen LogP contribution in [0.15, 0.2) is 42.6 Å². The van der Waals surface area contributed by atoms with E-state index in [0.717, 1.165) is 36.4 Å². The molecule has 7 heteroatoms. The smallest absolute Gasteiger partial charge is 0.251 e. The summed E-state index contributed by atoms with van der Waals surface area (Å²) >= 11 is 0. The van der Waals surface area contributed by atoms with E-state index in [0.29, 0.717) is 18.2 Å². The molecule has 1 fully saturated rings. The van der Waals surface area contributed by atoms with Gasteiger partial charge < -0.3 is 15.4 Å². The Labute approximate surface area is 173 Å². The van der Waals surface area contributed by atoms with Gasteiger partial charge in [0, 0.05) is 23.3 Å². The minimum absolute atomic E-state index is 0. The number of rotatable bonds is 5. The minimum Gasteiger partial charge on any atom is -0.487 e. The molecule has 2 unspecified atom stereocenters. The van der Waals surface area contributed by atoms with Crippen molar-refractivity contribution >= 4 is 30.7 Å². The fourth-order valence-electron chi connectivity index (χ4n) is 3.04. The molecule has 0 saturated carbocycles. The standard InChI is InChI=1S/C20H25N3O2.2ClH/c1-14-6-7-19(12-22-14)25-13-16-4-3-5-17(11-16)20(24)23-18-8-9-21-15(2)10-18;;/h3-7,11-12,15,18,21H,8-10,13H2,1-2H3,(H,23,24);2*1H. The molecule has 3 rings (SSSR count). The highest BCUT2D eigenvalue weighted by atomic mass is 35.5. The van der Waals surface area contributed by atoms with Gasteiger partial charge in [0.05, 0.1) is 6.20 Å². The molecule has 2 N–H and O–H groups in total. The number of piperidine rings is 1. The Balaban J connectivity index is 0.00000182. The molecule has 2 heterocycles. The third-order valence-electron chi connectivity index (χ3n) is 4.44.